The Balaban J connectivity index is 1.97. The first-order valence-electron chi connectivity index (χ1n) is 8.56. The van der Waals surface area contributed by atoms with E-state index in [1.54, 1.807) is 9.34 Å². The Hall–Kier alpha value is -1.97. The lowest BCUT2D eigenvalue weighted by Crippen LogP contribution is -2.45. The van der Waals surface area contributed by atoms with Crippen molar-refractivity contribution in [3.63, 3.8) is 0 Å². The Kier molecular flexibility index (Phi) is 6.13. The number of anilines is 1. The number of nitrogens with zero attached hydrogens (tertiary/aromatic N) is 2. The highest BCUT2D eigenvalue weighted by molar-refractivity contribution is 7.60. The number of hydrogen-bond acceptors (Lipinski definition) is 5. The van der Waals surface area contributed by atoms with Crippen LogP contribution in [0.5, 0.6) is 0 Å². The standard InChI is InChI=1S/C16H22N3O7P/c20-15(21)12-9-13(16(22)23)11-14(10-12)17-27(24,18-1-5-25-6-2-18)19-3-7-26-8-4-19/h9-11H,1-8H2,(H,17,24)(H,20,21)(H,22,23). The van der Waals surface area contributed by atoms with Crippen molar-refractivity contribution < 1.29 is 33.8 Å². The average Bonchev–Trinajstić information content (AvgIpc) is 2.69. The molecule has 0 aromatic heterocycles. The molecule has 3 rings (SSSR count). The summed E-state index contributed by atoms with van der Waals surface area (Å²) in [5.74, 6) is -2.51. The van der Waals surface area contributed by atoms with Gasteiger partial charge in [-0.1, -0.05) is 0 Å². The molecule has 2 fully saturated rings. The number of ether oxygens (including phenoxy) is 2. The van der Waals surface area contributed by atoms with Gasteiger partial charge in [0, 0.05) is 31.9 Å². The Morgan fingerprint density at radius 3 is 1.63 bits per heavy atom. The highest BCUT2D eigenvalue weighted by atomic mass is 31.2. The van der Waals surface area contributed by atoms with Gasteiger partial charge in [-0.2, -0.15) is 0 Å². The molecular weight excluding hydrogens is 377 g/mol. The van der Waals surface area contributed by atoms with Crippen LogP contribution in [0.3, 0.4) is 0 Å². The summed E-state index contributed by atoms with van der Waals surface area (Å²) in [5, 5.41) is 21.5. The van der Waals surface area contributed by atoms with Crippen LogP contribution < -0.4 is 5.09 Å². The van der Waals surface area contributed by atoms with Gasteiger partial charge >= 0.3 is 19.5 Å². The number of benzene rings is 1. The molecule has 0 saturated carbocycles. The minimum atomic E-state index is -3.32. The van der Waals surface area contributed by atoms with Gasteiger partial charge in [0.05, 0.1) is 37.6 Å². The van der Waals surface area contributed by atoms with Gasteiger partial charge < -0.3 is 24.8 Å². The molecule has 2 heterocycles. The summed E-state index contributed by atoms with van der Waals surface area (Å²) in [6.07, 6.45) is 0. The number of carboxylic acid groups (broad SMARTS) is 2. The summed E-state index contributed by atoms with van der Waals surface area (Å²) in [5.41, 5.74) is -0.186. The Labute approximate surface area is 156 Å². The fraction of sp³-hybridized carbons (Fsp3) is 0.500. The molecule has 1 aromatic rings. The van der Waals surface area contributed by atoms with E-state index in [2.05, 4.69) is 5.09 Å². The summed E-state index contributed by atoms with van der Waals surface area (Å²) in [6.45, 7) is 3.55. The van der Waals surface area contributed by atoms with Gasteiger partial charge in [0.25, 0.3) is 0 Å². The van der Waals surface area contributed by atoms with Crippen molar-refractivity contribution in [1.82, 2.24) is 9.34 Å². The molecule has 2 aliphatic rings. The summed E-state index contributed by atoms with van der Waals surface area (Å²) < 4.78 is 28.3. The molecule has 2 aliphatic heterocycles. The van der Waals surface area contributed by atoms with Gasteiger partial charge in [0.1, 0.15) is 0 Å². The Morgan fingerprint density at radius 2 is 1.26 bits per heavy atom. The van der Waals surface area contributed by atoms with Crippen LogP contribution in [-0.4, -0.2) is 84.1 Å². The normalized spacial score (nSPS) is 19.6. The predicted molar refractivity (Wildman–Crippen MR) is 96.4 cm³/mol. The maximum Gasteiger partial charge on any atom is 0.335 e. The quantitative estimate of drug-likeness (QED) is 0.602. The molecule has 0 atom stereocenters. The zero-order chi connectivity index (χ0) is 19.4. The zero-order valence-corrected chi connectivity index (χ0v) is 15.6. The topological polar surface area (TPSA) is 129 Å². The first-order valence-corrected chi connectivity index (χ1v) is 10.2. The van der Waals surface area contributed by atoms with E-state index in [0.717, 1.165) is 6.07 Å². The smallest absolute Gasteiger partial charge is 0.335 e. The minimum absolute atomic E-state index is 0.187. The molecular formula is C16H22N3O7P. The van der Waals surface area contributed by atoms with Gasteiger partial charge in [-0.3, -0.25) is 4.57 Å². The zero-order valence-electron chi connectivity index (χ0n) is 14.7. The molecule has 2 saturated heterocycles. The average molecular weight is 399 g/mol. The summed E-state index contributed by atoms with van der Waals surface area (Å²) >= 11 is 0. The highest BCUT2D eigenvalue weighted by Gasteiger charge is 2.39. The van der Waals surface area contributed by atoms with Crippen LogP contribution in [0.15, 0.2) is 18.2 Å². The molecule has 11 heteroatoms. The number of aromatic carboxylic acids is 2. The second-order valence-corrected chi connectivity index (χ2v) is 8.64. The van der Waals surface area contributed by atoms with E-state index in [-0.39, 0.29) is 16.8 Å². The number of carboxylic acids is 2. The molecule has 0 amide bonds. The van der Waals surface area contributed by atoms with Crippen LogP contribution in [0, 0.1) is 0 Å². The Bertz CT molecular complexity index is 706. The van der Waals surface area contributed by atoms with Crippen LogP contribution >= 0.6 is 7.59 Å². The predicted octanol–water partition coefficient (Wildman–Crippen LogP) is 1.27. The third-order valence-corrected chi connectivity index (χ3v) is 7.33. The van der Waals surface area contributed by atoms with E-state index in [9.17, 15) is 24.4 Å². The van der Waals surface area contributed by atoms with Gasteiger partial charge in [-0.05, 0) is 18.2 Å². The third-order valence-electron chi connectivity index (χ3n) is 4.44. The molecule has 10 nitrogen and oxygen atoms in total. The summed E-state index contributed by atoms with van der Waals surface area (Å²) in [7, 11) is -3.32. The molecule has 0 aliphatic carbocycles. The number of nitrogens with one attached hydrogen (secondary N) is 1. The monoisotopic (exact) mass is 399 g/mol. The maximum absolute atomic E-state index is 14.0. The van der Waals surface area contributed by atoms with Gasteiger partial charge in [-0.25, -0.2) is 18.9 Å². The molecule has 27 heavy (non-hydrogen) atoms. The van der Waals surface area contributed by atoms with Crippen molar-refractivity contribution in [3.8, 4) is 0 Å². The van der Waals surface area contributed by atoms with Gasteiger partial charge in [-0.15, -0.1) is 0 Å². The summed E-state index contributed by atoms with van der Waals surface area (Å²) in [6, 6.07) is 3.66. The van der Waals surface area contributed by atoms with E-state index >= 15 is 0 Å². The van der Waals surface area contributed by atoms with Crippen molar-refractivity contribution in [2.24, 2.45) is 0 Å². The molecule has 1 aromatic carbocycles. The minimum Gasteiger partial charge on any atom is -0.478 e. The fourth-order valence-electron chi connectivity index (χ4n) is 3.08. The summed E-state index contributed by atoms with van der Waals surface area (Å²) in [4.78, 5) is 22.7. The maximum atomic E-state index is 14.0. The van der Waals surface area contributed by atoms with Crippen LogP contribution in [0.4, 0.5) is 5.69 Å². The molecule has 0 radical (unpaired) electrons. The largest absolute Gasteiger partial charge is 0.478 e. The van der Waals surface area contributed by atoms with Crippen LogP contribution in [-0.2, 0) is 14.0 Å². The van der Waals surface area contributed by atoms with Crippen molar-refractivity contribution in [3.05, 3.63) is 29.3 Å². The van der Waals surface area contributed by atoms with Gasteiger partial charge in [0.2, 0.25) is 0 Å². The van der Waals surface area contributed by atoms with Crippen molar-refractivity contribution in [2.75, 3.05) is 57.7 Å². The first-order chi connectivity index (χ1) is 12.9. The molecule has 0 bridgehead atoms. The lowest BCUT2D eigenvalue weighted by molar-refractivity contribution is 0.0530. The van der Waals surface area contributed by atoms with Crippen LogP contribution in [0.2, 0.25) is 0 Å². The van der Waals surface area contributed by atoms with Crippen molar-refractivity contribution >= 4 is 25.2 Å². The molecule has 0 spiro atoms. The van der Waals surface area contributed by atoms with E-state index in [1.807, 2.05) is 0 Å². The third kappa shape index (κ3) is 4.48. The molecule has 3 N–H and O–H groups in total. The van der Waals surface area contributed by atoms with E-state index < -0.39 is 19.5 Å². The van der Waals surface area contributed by atoms with E-state index in [4.69, 9.17) is 9.47 Å². The molecule has 0 unspecified atom stereocenters. The van der Waals surface area contributed by atoms with E-state index in [1.165, 1.54) is 12.1 Å². The Morgan fingerprint density at radius 1 is 0.852 bits per heavy atom. The highest BCUT2D eigenvalue weighted by Crippen LogP contribution is 2.53. The lowest BCUT2D eigenvalue weighted by Gasteiger charge is -2.42. The first kappa shape index (κ1) is 19.8. The van der Waals surface area contributed by atoms with Crippen LogP contribution in [0.1, 0.15) is 20.7 Å². The van der Waals surface area contributed by atoms with Crippen LogP contribution in [0.25, 0.3) is 0 Å². The van der Waals surface area contributed by atoms with E-state index in [0.29, 0.717) is 52.6 Å². The second kappa shape index (κ2) is 8.37. The molecule has 148 valence electrons. The number of rotatable bonds is 6. The SMILES string of the molecule is O=C(O)c1cc(NP(=O)(N2CCOCC2)N2CCOCC2)cc(C(=O)O)c1. The number of hydrogen-bond donors (Lipinski definition) is 3. The lowest BCUT2D eigenvalue weighted by atomic mass is 10.1. The number of carbonyl (C=O) groups is 2. The second-order valence-electron chi connectivity index (χ2n) is 6.20. The number of morpholine rings is 2. The fourth-order valence-corrected chi connectivity index (χ4v) is 5.59. The van der Waals surface area contributed by atoms with Gasteiger partial charge in [0.15, 0.2) is 0 Å². The van der Waals surface area contributed by atoms with Crippen molar-refractivity contribution in [1.29, 1.82) is 0 Å². The van der Waals surface area contributed by atoms with Crippen molar-refractivity contribution in [2.45, 2.75) is 0 Å².